The van der Waals surface area contributed by atoms with Crippen LogP contribution in [0.15, 0.2) is 65.7 Å². The molecule has 0 spiro atoms. The van der Waals surface area contributed by atoms with E-state index in [1.54, 1.807) is 55.7 Å². The van der Waals surface area contributed by atoms with Crippen LogP contribution < -0.4 is 10.6 Å². The molecule has 0 bridgehead atoms. The van der Waals surface area contributed by atoms with Crippen molar-refractivity contribution in [3.63, 3.8) is 0 Å². The molecular weight excluding hydrogens is 405 g/mol. The van der Waals surface area contributed by atoms with E-state index in [2.05, 4.69) is 10.6 Å². The summed E-state index contributed by atoms with van der Waals surface area (Å²) in [7, 11) is -2.15. The van der Waals surface area contributed by atoms with E-state index in [0.717, 1.165) is 21.8 Å². The smallest absolute Gasteiger partial charge is 0.268 e. The molecule has 2 heterocycles. The number of nitrogens with one attached hydrogen (secondary N) is 2. The largest absolute Gasteiger partial charge is 0.385 e. The van der Waals surface area contributed by atoms with Gasteiger partial charge in [0.1, 0.15) is 5.82 Å². The second-order valence-corrected chi connectivity index (χ2v) is 9.17. The van der Waals surface area contributed by atoms with Gasteiger partial charge in [0.05, 0.1) is 23.8 Å². The second kappa shape index (κ2) is 8.59. The summed E-state index contributed by atoms with van der Waals surface area (Å²) >= 11 is 0. The van der Waals surface area contributed by atoms with Gasteiger partial charge in [0, 0.05) is 36.5 Å². The Kier molecular flexibility index (Phi) is 5.90. The van der Waals surface area contributed by atoms with Crippen molar-refractivity contribution in [1.29, 1.82) is 0 Å². The van der Waals surface area contributed by atoms with Gasteiger partial charge in [-0.25, -0.2) is 16.8 Å². The zero-order valence-corrected chi connectivity index (χ0v) is 17.5. The van der Waals surface area contributed by atoms with Crippen LogP contribution in [0.4, 0.5) is 10.1 Å². The van der Waals surface area contributed by atoms with Crippen molar-refractivity contribution >= 4 is 15.7 Å². The molecule has 0 atom stereocenters. The fraction of sp³-hybridized carbons (Fsp3) is 0.273. The van der Waals surface area contributed by atoms with E-state index >= 15 is 0 Å². The number of nitrogens with zero attached hydrogens (tertiary/aromatic N) is 1. The van der Waals surface area contributed by atoms with Crippen LogP contribution in [0.25, 0.3) is 11.3 Å². The van der Waals surface area contributed by atoms with Gasteiger partial charge in [-0.3, -0.25) is 0 Å². The van der Waals surface area contributed by atoms with Gasteiger partial charge in [0.25, 0.3) is 10.0 Å². The molecule has 4 rings (SSSR count). The van der Waals surface area contributed by atoms with Crippen molar-refractivity contribution in [2.24, 2.45) is 5.92 Å². The average Bonchev–Trinajstić information content (AvgIpc) is 3.12. The zero-order valence-electron chi connectivity index (χ0n) is 16.6. The van der Waals surface area contributed by atoms with E-state index in [1.165, 1.54) is 6.07 Å². The summed E-state index contributed by atoms with van der Waals surface area (Å²) in [4.78, 5) is 0.140. The van der Waals surface area contributed by atoms with Crippen molar-refractivity contribution < 1.29 is 17.5 Å². The van der Waals surface area contributed by atoms with Crippen molar-refractivity contribution in [2.45, 2.75) is 11.4 Å². The quantitative estimate of drug-likeness (QED) is 0.575. The molecule has 0 radical (unpaired) electrons. The van der Waals surface area contributed by atoms with Crippen molar-refractivity contribution in [2.75, 3.05) is 32.1 Å². The Labute approximate surface area is 175 Å². The number of hydrogen-bond acceptors (Lipinski definition) is 5. The van der Waals surface area contributed by atoms with E-state index < -0.39 is 15.8 Å². The number of benzene rings is 2. The predicted molar refractivity (Wildman–Crippen MR) is 114 cm³/mol. The summed E-state index contributed by atoms with van der Waals surface area (Å²) in [6, 6.07) is 14.6. The molecule has 1 aliphatic rings. The summed E-state index contributed by atoms with van der Waals surface area (Å²) in [5.74, 6) is -0.0346. The summed E-state index contributed by atoms with van der Waals surface area (Å²) in [5.41, 5.74) is 2.00. The number of ether oxygens (including phenoxy) is 1. The first-order chi connectivity index (χ1) is 14.5. The SMILES string of the molecule is CNCc1cc(-c2ccccc2F)n(S(=O)(=O)c2cccc(NCC3COC3)c2)c1. The third kappa shape index (κ3) is 4.12. The highest BCUT2D eigenvalue weighted by atomic mass is 32.2. The maximum absolute atomic E-state index is 14.5. The zero-order chi connectivity index (χ0) is 21.1. The van der Waals surface area contributed by atoms with E-state index in [9.17, 15) is 12.8 Å². The van der Waals surface area contributed by atoms with Gasteiger partial charge in [-0.05, 0) is 49.0 Å². The van der Waals surface area contributed by atoms with E-state index in [0.29, 0.717) is 31.4 Å². The number of halogens is 1. The van der Waals surface area contributed by atoms with Crippen LogP contribution in [0.3, 0.4) is 0 Å². The minimum Gasteiger partial charge on any atom is -0.385 e. The Morgan fingerprint density at radius 3 is 2.63 bits per heavy atom. The Morgan fingerprint density at radius 1 is 1.13 bits per heavy atom. The highest BCUT2D eigenvalue weighted by molar-refractivity contribution is 7.90. The molecule has 3 aromatic rings. The Balaban J connectivity index is 1.72. The Hall–Kier alpha value is -2.68. The number of aromatic nitrogens is 1. The van der Waals surface area contributed by atoms with Gasteiger partial charge in [-0.15, -0.1) is 0 Å². The monoisotopic (exact) mass is 429 g/mol. The predicted octanol–water partition coefficient (Wildman–Crippen LogP) is 3.31. The highest BCUT2D eigenvalue weighted by Crippen LogP contribution is 2.30. The lowest BCUT2D eigenvalue weighted by atomic mass is 10.1. The molecular formula is C22H24FN3O3S. The lowest BCUT2D eigenvalue weighted by molar-refractivity contribution is -0.0248. The van der Waals surface area contributed by atoms with Crippen molar-refractivity contribution in [3.8, 4) is 11.3 Å². The van der Waals surface area contributed by atoms with Gasteiger partial charge in [-0.1, -0.05) is 18.2 Å². The summed E-state index contributed by atoms with van der Waals surface area (Å²) in [6.07, 6.45) is 1.54. The molecule has 8 heteroatoms. The number of rotatable bonds is 8. The van der Waals surface area contributed by atoms with Crippen LogP contribution in [0.5, 0.6) is 0 Å². The molecule has 0 amide bonds. The fourth-order valence-electron chi connectivity index (χ4n) is 3.41. The molecule has 0 saturated carbocycles. The van der Waals surface area contributed by atoms with Gasteiger partial charge in [0.2, 0.25) is 0 Å². The number of hydrogen-bond donors (Lipinski definition) is 2. The van der Waals surface area contributed by atoms with Gasteiger partial charge in [0.15, 0.2) is 0 Å². The molecule has 0 unspecified atom stereocenters. The van der Waals surface area contributed by atoms with Crippen LogP contribution in [-0.2, 0) is 21.3 Å². The fourth-order valence-corrected chi connectivity index (χ4v) is 4.84. The average molecular weight is 430 g/mol. The number of anilines is 1. The van der Waals surface area contributed by atoms with Crippen molar-refractivity contribution in [3.05, 3.63) is 72.2 Å². The van der Waals surface area contributed by atoms with Crippen molar-refractivity contribution in [1.82, 2.24) is 9.29 Å². The van der Waals surface area contributed by atoms with Gasteiger partial charge < -0.3 is 15.4 Å². The summed E-state index contributed by atoms with van der Waals surface area (Å²) < 4.78 is 47.8. The Morgan fingerprint density at radius 2 is 1.93 bits per heavy atom. The first-order valence-electron chi connectivity index (χ1n) is 9.77. The molecule has 1 aliphatic heterocycles. The molecule has 2 N–H and O–H groups in total. The molecule has 1 fully saturated rings. The molecule has 6 nitrogen and oxygen atoms in total. The molecule has 1 saturated heterocycles. The van der Waals surface area contributed by atoms with Crippen LogP contribution >= 0.6 is 0 Å². The third-order valence-corrected chi connectivity index (χ3v) is 6.74. The topological polar surface area (TPSA) is 72.4 Å². The van der Waals surface area contributed by atoms with Crippen LogP contribution in [0, 0.1) is 11.7 Å². The minimum absolute atomic E-state index is 0.140. The Bertz CT molecular complexity index is 1140. The van der Waals surface area contributed by atoms with Gasteiger partial charge in [-0.2, -0.15) is 0 Å². The summed E-state index contributed by atoms with van der Waals surface area (Å²) in [6.45, 7) is 2.62. The first-order valence-corrected chi connectivity index (χ1v) is 11.2. The van der Waals surface area contributed by atoms with Gasteiger partial charge >= 0.3 is 0 Å². The minimum atomic E-state index is -3.93. The summed E-state index contributed by atoms with van der Waals surface area (Å²) in [5, 5.41) is 6.27. The van der Waals surface area contributed by atoms with Crippen LogP contribution in [0.1, 0.15) is 5.56 Å². The lowest BCUT2D eigenvalue weighted by Gasteiger charge is -2.26. The normalized spacial score (nSPS) is 14.5. The maximum Gasteiger partial charge on any atom is 0.268 e. The lowest BCUT2D eigenvalue weighted by Crippen LogP contribution is -2.33. The van der Waals surface area contributed by atoms with E-state index in [1.807, 2.05) is 6.07 Å². The third-order valence-electron chi connectivity index (χ3n) is 5.07. The molecule has 30 heavy (non-hydrogen) atoms. The molecule has 158 valence electrons. The highest BCUT2D eigenvalue weighted by Gasteiger charge is 2.24. The first kappa shape index (κ1) is 20.6. The van der Waals surface area contributed by atoms with E-state index in [4.69, 9.17) is 4.74 Å². The van der Waals surface area contributed by atoms with E-state index in [-0.39, 0.29) is 10.5 Å². The second-order valence-electron chi connectivity index (χ2n) is 7.36. The van der Waals surface area contributed by atoms with Crippen LogP contribution in [0.2, 0.25) is 0 Å². The maximum atomic E-state index is 14.5. The molecule has 2 aromatic carbocycles. The van der Waals surface area contributed by atoms with Crippen LogP contribution in [-0.4, -0.2) is 39.2 Å². The molecule has 0 aliphatic carbocycles. The molecule has 1 aromatic heterocycles. The standard InChI is InChI=1S/C22H24FN3O3S/c1-24-11-16-9-22(20-7-2-3-8-21(20)23)26(13-16)30(27,28)19-6-4-5-18(10-19)25-12-17-14-29-15-17/h2-10,13,17,24-25H,11-12,14-15H2,1H3.